The normalized spacial score (nSPS) is 16.9. The van der Waals surface area contributed by atoms with Gasteiger partial charge in [-0.25, -0.2) is 0 Å². The molecule has 2 rings (SSSR count). The Morgan fingerprint density at radius 2 is 2.00 bits per heavy atom. The van der Waals surface area contributed by atoms with E-state index in [-0.39, 0.29) is 12.5 Å². The second-order valence-electron chi connectivity index (χ2n) is 5.46. The summed E-state index contributed by atoms with van der Waals surface area (Å²) in [6.07, 6.45) is 3.10. The van der Waals surface area contributed by atoms with Gasteiger partial charge in [0.25, 0.3) is 5.91 Å². The first-order valence-electron chi connectivity index (χ1n) is 6.72. The fraction of sp³-hybridized carbons (Fsp3) is 0.467. The Morgan fingerprint density at radius 1 is 1.35 bits per heavy atom. The third kappa shape index (κ3) is 3.03. The molecule has 0 radical (unpaired) electrons. The van der Waals surface area contributed by atoms with Crippen molar-refractivity contribution < 1.29 is 14.7 Å². The van der Waals surface area contributed by atoms with E-state index >= 15 is 0 Å². The van der Waals surface area contributed by atoms with E-state index in [0.29, 0.717) is 18.4 Å². The van der Waals surface area contributed by atoms with E-state index in [1.807, 2.05) is 19.1 Å². The largest absolute Gasteiger partial charge is 0.481 e. The van der Waals surface area contributed by atoms with Crippen molar-refractivity contribution >= 4 is 27.8 Å². The highest BCUT2D eigenvalue weighted by Gasteiger charge is 2.41. The lowest BCUT2D eigenvalue weighted by atomic mass is 9.86. The van der Waals surface area contributed by atoms with Gasteiger partial charge in [-0.1, -0.05) is 24.5 Å². The quantitative estimate of drug-likeness (QED) is 0.885. The molecule has 1 fully saturated rings. The van der Waals surface area contributed by atoms with Crippen LogP contribution in [0.2, 0.25) is 0 Å². The third-order valence-corrected chi connectivity index (χ3v) is 4.66. The maximum Gasteiger partial charge on any atom is 0.311 e. The van der Waals surface area contributed by atoms with Crippen LogP contribution in [0, 0.1) is 12.3 Å². The van der Waals surface area contributed by atoms with Crippen LogP contribution >= 0.6 is 15.9 Å². The predicted molar refractivity (Wildman–Crippen MR) is 79.7 cm³/mol. The van der Waals surface area contributed by atoms with Crippen molar-refractivity contribution in [3.63, 3.8) is 0 Å². The summed E-state index contributed by atoms with van der Waals surface area (Å²) in [5.41, 5.74) is 0.752. The molecule has 0 aromatic heterocycles. The van der Waals surface area contributed by atoms with E-state index in [4.69, 9.17) is 0 Å². The Bertz CT molecular complexity index is 536. The summed E-state index contributed by atoms with van der Waals surface area (Å²) in [7, 11) is 0. The number of carbonyl (C=O) groups is 2. The molecule has 1 aliphatic rings. The van der Waals surface area contributed by atoms with Crippen molar-refractivity contribution in [2.24, 2.45) is 5.41 Å². The average Bonchev–Trinajstić information content (AvgIpc) is 2.89. The van der Waals surface area contributed by atoms with Gasteiger partial charge in [0.15, 0.2) is 0 Å². The van der Waals surface area contributed by atoms with Gasteiger partial charge in [0.1, 0.15) is 0 Å². The lowest BCUT2D eigenvalue weighted by Crippen LogP contribution is -2.41. The number of benzene rings is 1. The lowest BCUT2D eigenvalue weighted by molar-refractivity contribution is -0.148. The summed E-state index contributed by atoms with van der Waals surface area (Å²) in [6, 6.07) is 5.53. The molecule has 1 aromatic rings. The molecular weight excluding hydrogens is 322 g/mol. The number of aryl methyl sites for hydroxylation is 1. The Labute approximate surface area is 126 Å². The van der Waals surface area contributed by atoms with Crippen LogP contribution < -0.4 is 5.32 Å². The fourth-order valence-electron chi connectivity index (χ4n) is 2.68. The smallest absolute Gasteiger partial charge is 0.311 e. The number of hydrogen-bond acceptors (Lipinski definition) is 2. The van der Waals surface area contributed by atoms with E-state index in [1.165, 1.54) is 0 Å². The standard InChI is InChI=1S/C15H18BrNO3/c1-10-4-5-12(16)11(8-10)13(18)17-9-15(14(19)20)6-2-3-7-15/h4-5,8H,2-3,6-7,9H2,1H3,(H,17,18)(H,19,20). The zero-order valence-electron chi connectivity index (χ0n) is 11.4. The van der Waals surface area contributed by atoms with E-state index < -0.39 is 11.4 Å². The minimum atomic E-state index is -0.807. The SMILES string of the molecule is Cc1ccc(Br)c(C(=O)NCC2(C(=O)O)CCCC2)c1. The van der Waals surface area contributed by atoms with E-state index in [1.54, 1.807) is 6.07 Å². The summed E-state index contributed by atoms with van der Waals surface area (Å²) in [4.78, 5) is 23.6. The molecule has 0 heterocycles. The molecule has 0 aliphatic heterocycles. The molecule has 2 N–H and O–H groups in total. The third-order valence-electron chi connectivity index (χ3n) is 3.97. The minimum absolute atomic E-state index is 0.196. The molecule has 20 heavy (non-hydrogen) atoms. The molecule has 4 nitrogen and oxygen atoms in total. The van der Waals surface area contributed by atoms with E-state index in [0.717, 1.165) is 22.9 Å². The predicted octanol–water partition coefficient (Wildman–Crippen LogP) is 3.13. The average molecular weight is 340 g/mol. The van der Waals surface area contributed by atoms with Crippen molar-refractivity contribution in [3.8, 4) is 0 Å². The topological polar surface area (TPSA) is 66.4 Å². The summed E-state index contributed by atoms with van der Waals surface area (Å²) < 4.78 is 0.719. The number of carboxylic acid groups (broad SMARTS) is 1. The molecule has 1 saturated carbocycles. The highest BCUT2D eigenvalue weighted by atomic mass is 79.9. The van der Waals surface area contributed by atoms with Gasteiger partial charge < -0.3 is 10.4 Å². The van der Waals surface area contributed by atoms with Crippen LogP contribution in [0.3, 0.4) is 0 Å². The Morgan fingerprint density at radius 3 is 2.60 bits per heavy atom. The number of hydrogen-bond donors (Lipinski definition) is 2. The summed E-state index contributed by atoms with van der Waals surface area (Å²) in [5.74, 6) is -1.04. The van der Waals surface area contributed by atoms with Gasteiger partial charge in [-0.05, 0) is 47.8 Å². The molecule has 0 bridgehead atoms. The van der Waals surface area contributed by atoms with Crippen molar-refractivity contribution in [1.29, 1.82) is 0 Å². The molecule has 0 unspecified atom stereocenters. The number of aliphatic carboxylic acids is 1. The van der Waals surface area contributed by atoms with Gasteiger partial charge in [-0.15, -0.1) is 0 Å². The summed E-state index contributed by atoms with van der Waals surface area (Å²) in [5, 5.41) is 12.2. The Kier molecular flexibility index (Phi) is 4.48. The number of amides is 1. The lowest BCUT2D eigenvalue weighted by Gasteiger charge is -2.24. The van der Waals surface area contributed by atoms with Gasteiger partial charge in [0.05, 0.1) is 11.0 Å². The number of carbonyl (C=O) groups excluding carboxylic acids is 1. The number of halogens is 1. The highest BCUT2D eigenvalue weighted by molar-refractivity contribution is 9.10. The van der Waals surface area contributed by atoms with Gasteiger partial charge >= 0.3 is 5.97 Å². The maximum absolute atomic E-state index is 12.2. The Balaban J connectivity index is 2.08. The van der Waals surface area contributed by atoms with Crippen molar-refractivity contribution in [1.82, 2.24) is 5.32 Å². The molecule has 1 aromatic carbocycles. The Hall–Kier alpha value is -1.36. The van der Waals surface area contributed by atoms with Gasteiger partial charge in [0.2, 0.25) is 0 Å². The van der Waals surface area contributed by atoms with Crippen molar-refractivity contribution in [3.05, 3.63) is 33.8 Å². The minimum Gasteiger partial charge on any atom is -0.481 e. The maximum atomic E-state index is 12.2. The molecule has 1 amide bonds. The number of carboxylic acids is 1. The van der Waals surface area contributed by atoms with Crippen LogP contribution in [0.25, 0.3) is 0 Å². The molecular formula is C15H18BrNO3. The summed E-state index contributed by atoms with van der Waals surface area (Å²) >= 11 is 3.35. The van der Waals surface area contributed by atoms with Crippen LogP contribution in [0.5, 0.6) is 0 Å². The van der Waals surface area contributed by atoms with E-state index in [2.05, 4.69) is 21.2 Å². The van der Waals surface area contributed by atoms with Crippen LogP contribution in [-0.2, 0) is 4.79 Å². The zero-order chi connectivity index (χ0) is 14.8. The molecule has 5 heteroatoms. The first-order chi connectivity index (χ1) is 9.44. The first-order valence-corrected chi connectivity index (χ1v) is 7.52. The number of rotatable bonds is 4. The monoisotopic (exact) mass is 339 g/mol. The second-order valence-corrected chi connectivity index (χ2v) is 6.31. The highest BCUT2D eigenvalue weighted by Crippen LogP contribution is 2.37. The van der Waals surface area contributed by atoms with Crippen LogP contribution in [0.1, 0.15) is 41.6 Å². The van der Waals surface area contributed by atoms with Gasteiger partial charge in [-0.3, -0.25) is 9.59 Å². The summed E-state index contributed by atoms with van der Waals surface area (Å²) in [6.45, 7) is 2.11. The van der Waals surface area contributed by atoms with Crippen molar-refractivity contribution in [2.45, 2.75) is 32.6 Å². The zero-order valence-corrected chi connectivity index (χ0v) is 13.0. The number of nitrogens with one attached hydrogen (secondary N) is 1. The molecule has 0 atom stereocenters. The fourth-order valence-corrected chi connectivity index (χ4v) is 3.10. The van der Waals surface area contributed by atoms with Crippen molar-refractivity contribution in [2.75, 3.05) is 6.54 Å². The second kappa shape index (κ2) is 5.95. The molecule has 1 aliphatic carbocycles. The first kappa shape index (κ1) is 15.0. The molecule has 0 saturated heterocycles. The van der Waals surface area contributed by atoms with Crippen LogP contribution in [0.4, 0.5) is 0 Å². The van der Waals surface area contributed by atoms with Gasteiger partial charge in [-0.2, -0.15) is 0 Å². The van der Waals surface area contributed by atoms with Gasteiger partial charge in [0, 0.05) is 11.0 Å². The van der Waals surface area contributed by atoms with E-state index in [9.17, 15) is 14.7 Å². The van der Waals surface area contributed by atoms with Crippen LogP contribution in [0.15, 0.2) is 22.7 Å². The van der Waals surface area contributed by atoms with Crippen LogP contribution in [-0.4, -0.2) is 23.5 Å². The molecule has 108 valence electrons. The molecule has 0 spiro atoms.